The van der Waals surface area contributed by atoms with E-state index >= 15 is 0 Å². The van der Waals surface area contributed by atoms with Crippen molar-refractivity contribution in [1.82, 2.24) is 4.57 Å². The second kappa shape index (κ2) is 8.58. The highest BCUT2D eigenvalue weighted by Gasteiger charge is 2.23. The molecule has 1 heterocycles. The molecule has 0 unspecified atom stereocenters. The van der Waals surface area contributed by atoms with Gasteiger partial charge in [-0.3, -0.25) is 10.1 Å². The number of carbonyl (C=O) groups is 1. The number of aromatic hydroxyl groups is 1. The number of esters is 1. The third-order valence-electron chi connectivity index (χ3n) is 5.52. The summed E-state index contributed by atoms with van der Waals surface area (Å²) in [5.41, 5.74) is 2.84. The lowest BCUT2D eigenvalue weighted by Gasteiger charge is -2.12. The van der Waals surface area contributed by atoms with Gasteiger partial charge in [0.25, 0.3) is 5.69 Å². The maximum Gasteiger partial charge on any atom is 0.340 e. The molecule has 0 radical (unpaired) electrons. The van der Waals surface area contributed by atoms with Crippen molar-refractivity contribution >= 4 is 39.0 Å². The van der Waals surface area contributed by atoms with Gasteiger partial charge in [-0.2, -0.15) is 0 Å². The summed E-state index contributed by atoms with van der Waals surface area (Å²) in [7, 11) is 0. The van der Waals surface area contributed by atoms with Gasteiger partial charge in [-0.25, -0.2) is 4.79 Å². The van der Waals surface area contributed by atoms with E-state index in [4.69, 9.17) is 4.74 Å². The highest BCUT2D eigenvalue weighted by atomic mass is 16.6. The second-order valence-electron chi connectivity index (χ2n) is 7.40. The van der Waals surface area contributed by atoms with Crippen molar-refractivity contribution in [2.24, 2.45) is 0 Å². The highest BCUT2D eigenvalue weighted by Crippen LogP contribution is 2.37. The summed E-state index contributed by atoms with van der Waals surface area (Å²) in [6.07, 6.45) is 0. The van der Waals surface area contributed by atoms with Crippen LogP contribution in [-0.4, -0.2) is 33.7 Å². The largest absolute Gasteiger partial charge is 0.507 e. The average molecular weight is 433 g/mol. The molecule has 1 aromatic heterocycles. The van der Waals surface area contributed by atoms with E-state index in [1.165, 1.54) is 12.1 Å². The van der Waals surface area contributed by atoms with E-state index in [0.717, 1.165) is 22.3 Å². The summed E-state index contributed by atoms with van der Waals surface area (Å²) in [5.74, 6) is -0.313. The maximum atomic E-state index is 12.7. The minimum atomic E-state index is -0.434. The molecule has 0 spiro atoms. The first-order valence-electron chi connectivity index (χ1n) is 10.3. The van der Waals surface area contributed by atoms with Crippen molar-refractivity contribution in [2.75, 3.05) is 18.5 Å². The van der Waals surface area contributed by atoms with E-state index in [2.05, 4.69) is 5.32 Å². The van der Waals surface area contributed by atoms with Crippen molar-refractivity contribution in [3.05, 3.63) is 76.0 Å². The third kappa shape index (κ3) is 3.71. The molecular formula is C24H23N3O5. The number of phenols is 1. The summed E-state index contributed by atoms with van der Waals surface area (Å²) in [4.78, 5) is 23.1. The van der Waals surface area contributed by atoms with Crippen LogP contribution in [0.15, 0.2) is 54.6 Å². The fraction of sp³-hybridized carbons (Fsp3) is 0.208. The molecule has 8 nitrogen and oxygen atoms in total. The van der Waals surface area contributed by atoms with Gasteiger partial charge in [0.05, 0.1) is 22.6 Å². The summed E-state index contributed by atoms with van der Waals surface area (Å²) < 4.78 is 7.33. The fourth-order valence-electron chi connectivity index (χ4n) is 4.07. The Morgan fingerprint density at radius 2 is 1.81 bits per heavy atom. The van der Waals surface area contributed by atoms with Crippen molar-refractivity contribution in [1.29, 1.82) is 0 Å². The molecule has 0 aliphatic rings. The number of hydrogen-bond donors (Lipinski definition) is 2. The number of carbonyl (C=O) groups excluding carboxylic acids is 1. The topological polar surface area (TPSA) is 107 Å². The predicted octanol–water partition coefficient (Wildman–Crippen LogP) is 5.01. The predicted molar refractivity (Wildman–Crippen MR) is 123 cm³/mol. The van der Waals surface area contributed by atoms with Crippen LogP contribution in [0.5, 0.6) is 5.75 Å². The summed E-state index contributed by atoms with van der Waals surface area (Å²) in [6, 6.07) is 15.4. The number of nitro groups is 1. The molecule has 0 fully saturated rings. The minimum Gasteiger partial charge on any atom is -0.507 e. The number of anilines is 1. The van der Waals surface area contributed by atoms with E-state index in [9.17, 15) is 20.0 Å². The smallest absolute Gasteiger partial charge is 0.340 e. The SMILES string of the molecule is CCOC(=O)c1c(C)n(CCNc2ccc([N+](=O)[O-])cc2)c2c1cc(O)c1ccccc12. The Morgan fingerprint density at radius 3 is 2.47 bits per heavy atom. The Balaban J connectivity index is 1.74. The first-order chi connectivity index (χ1) is 15.4. The van der Waals surface area contributed by atoms with Crippen LogP contribution in [0.2, 0.25) is 0 Å². The van der Waals surface area contributed by atoms with Gasteiger partial charge in [0.2, 0.25) is 0 Å². The molecule has 8 heteroatoms. The van der Waals surface area contributed by atoms with Gasteiger partial charge in [0.1, 0.15) is 5.75 Å². The first-order valence-corrected chi connectivity index (χ1v) is 10.3. The maximum absolute atomic E-state index is 12.7. The average Bonchev–Trinajstić information content (AvgIpc) is 3.06. The van der Waals surface area contributed by atoms with E-state index in [1.54, 1.807) is 25.1 Å². The van der Waals surface area contributed by atoms with Crippen LogP contribution in [0.1, 0.15) is 23.0 Å². The van der Waals surface area contributed by atoms with Crippen molar-refractivity contribution in [3.63, 3.8) is 0 Å². The van der Waals surface area contributed by atoms with Crippen LogP contribution in [0.25, 0.3) is 21.7 Å². The molecule has 0 aliphatic heterocycles. The van der Waals surface area contributed by atoms with Gasteiger partial charge < -0.3 is 19.7 Å². The van der Waals surface area contributed by atoms with Crippen molar-refractivity contribution in [2.45, 2.75) is 20.4 Å². The Morgan fingerprint density at radius 1 is 1.12 bits per heavy atom. The second-order valence-corrected chi connectivity index (χ2v) is 7.40. The Labute approximate surface area is 184 Å². The van der Waals surface area contributed by atoms with Crippen LogP contribution in [0.4, 0.5) is 11.4 Å². The molecule has 164 valence electrons. The number of nitro benzene ring substituents is 1. The number of rotatable bonds is 7. The number of nitrogens with one attached hydrogen (secondary N) is 1. The highest BCUT2D eigenvalue weighted by molar-refractivity contribution is 6.16. The number of aromatic nitrogens is 1. The van der Waals surface area contributed by atoms with Gasteiger partial charge in [-0.05, 0) is 32.0 Å². The van der Waals surface area contributed by atoms with E-state index < -0.39 is 10.9 Å². The quantitative estimate of drug-likeness (QED) is 0.241. The van der Waals surface area contributed by atoms with E-state index in [-0.39, 0.29) is 18.0 Å². The number of phenolic OH excluding ortho intramolecular Hbond substituents is 1. The lowest BCUT2D eigenvalue weighted by Crippen LogP contribution is -2.13. The molecule has 0 saturated heterocycles. The molecule has 4 aromatic rings. The van der Waals surface area contributed by atoms with Gasteiger partial charge in [-0.15, -0.1) is 0 Å². The van der Waals surface area contributed by atoms with Gasteiger partial charge in [0, 0.05) is 52.8 Å². The summed E-state index contributed by atoms with van der Waals surface area (Å²) in [5, 5.41) is 26.9. The van der Waals surface area contributed by atoms with Gasteiger partial charge in [-0.1, -0.05) is 24.3 Å². The monoisotopic (exact) mass is 433 g/mol. The Bertz CT molecular complexity index is 1330. The van der Waals surface area contributed by atoms with Crippen LogP contribution in [0.3, 0.4) is 0 Å². The van der Waals surface area contributed by atoms with E-state index in [0.29, 0.717) is 29.4 Å². The molecule has 0 saturated carbocycles. The number of non-ortho nitro benzene ring substituents is 1. The zero-order valence-electron chi connectivity index (χ0n) is 17.8. The standard InChI is InChI=1S/C24H23N3O5/c1-3-32-24(29)22-15(2)26(13-12-25-16-8-10-17(11-9-16)27(30)31)23-19-7-5-4-6-18(19)21(28)14-20(22)23/h4-11,14,25,28H,3,12-13H2,1-2H3. The minimum absolute atomic E-state index is 0.0353. The molecule has 2 N–H and O–H groups in total. The number of hydrogen-bond acceptors (Lipinski definition) is 6. The number of benzene rings is 3. The van der Waals surface area contributed by atoms with E-state index in [1.807, 2.05) is 35.8 Å². The van der Waals surface area contributed by atoms with Crippen molar-refractivity contribution < 1.29 is 19.6 Å². The van der Waals surface area contributed by atoms with Crippen LogP contribution < -0.4 is 5.32 Å². The zero-order chi connectivity index (χ0) is 22.8. The molecule has 0 bridgehead atoms. The van der Waals surface area contributed by atoms with Crippen LogP contribution in [0, 0.1) is 17.0 Å². The Hall–Kier alpha value is -4.07. The molecule has 0 amide bonds. The molecule has 4 rings (SSSR count). The zero-order valence-corrected chi connectivity index (χ0v) is 17.8. The summed E-state index contributed by atoms with van der Waals surface area (Å²) in [6.45, 7) is 4.94. The van der Waals surface area contributed by atoms with Crippen molar-refractivity contribution in [3.8, 4) is 5.75 Å². The third-order valence-corrected chi connectivity index (χ3v) is 5.52. The molecular weight excluding hydrogens is 410 g/mol. The molecule has 3 aromatic carbocycles. The Kier molecular flexibility index (Phi) is 5.68. The van der Waals surface area contributed by atoms with Crippen LogP contribution in [-0.2, 0) is 11.3 Å². The number of nitrogens with zero attached hydrogens (tertiary/aromatic N) is 2. The normalized spacial score (nSPS) is 11.1. The van der Waals surface area contributed by atoms with Gasteiger partial charge in [0.15, 0.2) is 0 Å². The molecule has 32 heavy (non-hydrogen) atoms. The van der Waals surface area contributed by atoms with Crippen LogP contribution >= 0.6 is 0 Å². The number of ether oxygens (including phenoxy) is 1. The van der Waals surface area contributed by atoms with Gasteiger partial charge >= 0.3 is 5.97 Å². The first kappa shape index (κ1) is 21.2. The lowest BCUT2D eigenvalue weighted by molar-refractivity contribution is -0.384. The lowest BCUT2D eigenvalue weighted by atomic mass is 10.0. The molecule has 0 atom stereocenters. The summed E-state index contributed by atoms with van der Waals surface area (Å²) >= 11 is 0. The fourth-order valence-corrected chi connectivity index (χ4v) is 4.07. The number of fused-ring (bicyclic) bond motifs is 3. The molecule has 0 aliphatic carbocycles.